The van der Waals surface area contributed by atoms with Crippen LogP contribution in [0.25, 0.3) is 6.08 Å². The normalized spacial score (nSPS) is 19.9. The van der Waals surface area contributed by atoms with E-state index in [1.807, 2.05) is 169 Å². The van der Waals surface area contributed by atoms with Gasteiger partial charge in [-0.05, 0) is 114 Å². The zero-order valence-corrected chi connectivity index (χ0v) is 63.6. The SMILES string of the molecule is C1CCC1.CC(=O)O[C@@H](CC1SCCCS1)/C(C)=C/c1csc(C)n1.CC(=O)O[C@@H](CC1SCCCS1)C(C)=O.CC(=O)O[C@@H](CC1SCCCS1)[C@@H](C)O.COC(OC)C(C)O.C[C@H]1OC(O)C[C@@H]1O.Cc1nc(CP(=O)(c2ccccc2)c2ccccc2)cs1.[B]. The van der Waals surface area contributed by atoms with Gasteiger partial charge in [-0.15, -0.1) is 93.2 Å². The van der Waals surface area contributed by atoms with Gasteiger partial charge in [0.25, 0.3) is 0 Å². The number of aryl methyl sites for hydroxylation is 2. The van der Waals surface area contributed by atoms with Crippen molar-refractivity contribution in [1.82, 2.24) is 9.97 Å². The maximum atomic E-state index is 13.8. The molecule has 0 amide bonds. The van der Waals surface area contributed by atoms with Gasteiger partial charge in [-0.3, -0.25) is 19.2 Å². The van der Waals surface area contributed by atoms with Gasteiger partial charge in [-0.1, -0.05) is 86.3 Å². The van der Waals surface area contributed by atoms with E-state index < -0.39 is 44.1 Å². The Morgan fingerprint density at radius 2 is 1.03 bits per heavy atom. The fourth-order valence-corrected chi connectivity index (χ4v) is 21.5. The molecule has 9 rings (SSSR count). The molecule has 5 fully saturated rings. The molecule has 4 N–H and O–H groups in total. The van der Waals surface area contributed by atoms with E-state index in [1.54, 1.807) is 43.4 Å². The fraction of sp³-hybridized carbons (Fsp3) is 0.636. The quantitative estimate of drug-likeness (QED) is 0.0211. The van der Waals surface area contributed by atoms with Crippen LogP contribution in [0, 0.1) is 13.8 Å². The van der Waals surface area contributed by atoms with Crippen molar-refractivity contribution < 1.29 is 72.6 Å². The lowest BCUT2D eigenvalue weighted by Gasteiger charge is -2.26. The maximum absolute atomic E-state index is 13.8. The average molecular weight is 1460 g/mol. The molecular formula is C66H101BN2O15PS8. The van der Waals surface area contributed by atoms with Gasteiger partial charge in [0.2, 0.25) is 0 Å². The number of benzene rings is 2. The predicted molar refractivity (Wildman–Crippen MR) is 395 cm³/mol. The Morgan fingerprint density at radius 1 is 0.613 bits per heavy atom. The molecule has 2 aromatic heterocycles. The zero-order chi connectivity index (χ0) is 68.0. The fourth-order valence-electron chi connectivity index (χ4n) is 8.82. The second-order valence-corrected chi connectivity index (χ2v) is 35.9. The number of ether oxygens (including phenoxy) is 6. The molecule has 1 aliphatic carbocycles. The predicted octanol–water partition coefficient (Wildman–Crippen LogP) is 13.0. The van der Waals surface area contributed by atoms with Crippen LogP contribution in [0.2, 0.25) is 0 Å². The molecule has 3 radical (unpaired) electrons. The number of aliphatic hydroxyl groups excluding tert-OH is 4. The molecular weight excluding hydrogens is 1360 g/mol. The molecule has 2 unspecified atom stereocenters. The number of Topliss-reactive ketones (excluding diaryl/α,β-unsaturated/α-hetero) is 1. The number of methoxy groups -OCH3 is 2. The van der Waals surface area contributed by atoms with Crippen molar-refractivity contribution in [2.24, 2.45) is 0 Å². The van der Waals surface area contributed by atoms with Crippen LogP contribution in [0.5, 0.6) is 0 Å². The number of thioether (sulfide) groups is 6. The highest BCUT2D eigenvalue weighted by Gasteiger charge is 2.31. The van der Waals surface area contributed by atoms with Gasteiger partial charge in [0.15, 0.2) is 24.5 Å². The molecule has 93 heavy (non-hydrogen) atoms. The van der Waals surface area contributed by atoms with Crippen LogP contribution in [0.15, 0.2) is 77.0 Å². The topological polar surface area (TPSA) is 247 Å². The van der Waals surface area contributed by atoms with Crippen LogP contribution in [0.4, 0.5) is 0 Å². The second-order valence-electron chi connectivity index (χ2n) is 22.2. The van der Waals surface area contributed by atoms with Gasteiger partial charge in [-0.2, -0.15) is 0 Å². The van der Waals surface area contributed by atoms with Crippen molar-refractivity contribution in [1.29, 1.82) is 0 Å². The first kappa shape index (κ1) is 86.7. The lowest BCUT2D eigenvalue weighted by Crippen LogP contribution is -2.31. The van der Waals surface area contributed by atoms with Crippen LogP contribution >= 0.6 is 100 Å². The zero-order valence-electron chi connectivity index (χ0n) is 56.1. The largest absolute Gasteiger partial charge is 0.460 e. The van der Waals surface area contributed by atoms with Crippen LogP contribution in [0.1, 0.15) is 147 Å². The summed E-state index contributed by atoms with van der Waals surface area (Å²) in [5, 5.41) is 43.7. The number of hydrogen-bond donors (Lipinski definition) is 4. The summed E-state index contributed by atoms with van der Waals surface area (Å²) in [5.41, 5.74) is 2.94. The van der Waals surface area contributed by atoms with E-state index in [9.17, 15) is 28.8 Å². The molecule has 2 aromatic carbocycles. The minimum atomic E-state index is -2.69. The number of thiazole rings is 2. The van der Waals surface area contributed by atoms with Crippen molar-refractivity contribution in [3.63, 3.8) is 0 Å². The average Bonchev–Trinajstić information content (AvgIpc) is 1.87. The van der Waals surface area contributed by atoms with Crippen molar-refractivity contribution in [3.05, 3.63) is 98.4 Å². The number of ketones is 1. The van der Waals surface area contributed by atoms with Gasteiger partial charge in [0.1, 0.15) is 25.5 Å². The molecule has 5 aliphatic rings. The summed E-state index contributed by atoms with van der Waals surface area (Å²) in [4.78, 5) is 53.2. The third kappa shape index (κ3) is 36.9. The summed E-state index contributed by atoms with van der Waals surface area (Å²) in [6.45, 7) is 16.7. The summed E-state index contributed by atoms with van der Waals surface area (Å²) in [6, 6.07) is 19.5. The molecule has 4 aromatic rings. The third-order valence-electron chi connectivity index (χ3n) is 14.0. The van der Waals surface area contributed by atoms with Gasteiger partial charge in [0, 0.05) is 90.5 Å². The van der Waals surface area contributed by atoms with E-state index in [4.69, 9.17) is 34.3 Å². The number of hydrogen-bond acceptors (Lipinski definition) is 25. The van der Waals surface area contributed by atoms with Crippen molar-refractivity contribution in [2.75, 3.05) is 48.7 Å². The first-order chi connectivity index (χ1) is 43.8. The Labute approximate surface area is 589 Å². The molecule has 1 saturated carbocycles. The highest BCUT2D eigenvalue weighted by Crippen LogP contribution is 2.47. The van der Waals surface area contributed by atoms with Crippen molar-refractivity contribution in [2.45, 2.75) is 215 Å². The molecule has 4 saturated heterocycles. The Balaban J connectivity index is 0.000000386. The number of nitrogens with zero attached hydrogens (tertiary/aromatic N) is 2. The summed E-state index contributed by atoms with van der Waals surface area (Å²) < 4.78 is 44.9. The van der Waals surface area contributed by atoms with E-state index in [-0.39, 0.29) is 50.4 Å². The minimum Gasteiger partial charge on any atom is -0.460 e. The molecule has 0 spiro atoms. The van der Waals surface area contributed by atoms with Crippen molar-refractivity contribution in [3.8, 4) is 0 Å². The molecule has 8 atom stereocenters. The number of carbonyl (C=O) groups is 4. The monoisotopic (exact) mass is 1460 g/mol. The smallest absolute Gasteiger partial charge is 0.303 e. The highest BCUT2D eigenvalue weighted by atomic mass is 32.2. The van der Waals surface area contributed by atoms with E-state index in [2.05, 4.69) is 19.4 Å². The lowest BCUT2D eigenvalue weighted by atomic mass is 10.0. The summed E-state index contributed by atoms with van der Waals surface area (Å²) >= 11 is 14.7. The van der Waals surface area contributed by atoms with Gasteiger partial charge >= 0.3 is 17.9 Å². The van der Waals surface area contributed by atoms with Crippen molar-refractivity contribution >= 4 is 149 Å². The van der Waals surface area contributed by atoms with Gasteiger partial charge in [0.05, 0.1) is 59.6 Å². The minimum absolute atomic E-state index is 0. The van der Waals surface area contributed by atoms with Crippen LogP contribution in [0.3, 0.4) is 0 Å². The Morgan fingerprint density at radius 3 is 1.34 bits per heavy atom. The second kappa shape index (κ2) is 49.2. The number of carbonyl (C=O) groups excluding carboxylic acids is 4. The lowest BCUT2D eigenvalue weighted by molar-refractivity contribution is -0.158. The Kier molecular flexibility index (Phi) is 45.9. The highest BCUT2D eigenvalue weighted by molar-refractivity contribution is 8.18. The molecule has 6 heterocycles. The number of aliphatic hydroxyl groups is 4. The van der Waals surface area contributed by atoms with Crippen LogP contribution in [-0.2, 0) is 58.3 Å². The van der Waals surface area contributed by atoms with E-state index in [0.29, 0.717) is 32.7 Å². The standard InChI is InChI=1S/C17H16NOPS.C15H21NO2S3.C10H18O3S2.C10H16O3S2.C5H10O3.C5H12O3.C4H8.B/c1-14-18-15(13-21-14)12-20(19,16-8-4-2-5-9-16)17-10-6-3-7-11-17;1-10(7-13-9-21-11(2)16-13)14(18-12(3)17)8-15-19-5-4-6-20-15;2*1-7(11)9(13-8(2)12)6-10-14-4-3-5-15-10;1-3-4(6)2-5(7)8-3;1-4(6)5(7-2)8-3;1-2-4-3-1;/h2-11,13H,12H2,1H3;7,9,14-15H,4-6,8H2,1-3H3;7,9-11H,3-6H2,1-2H3;9-10H,3-6H2,1-2H3;3-7H,2H2,1H3;4-6H,1-3H3;1-4H2;/b;10-7+;;;;;;/t;14-;7-,9+;9-;3-,4+,5?;;;/m.0101.../s1. The van der Waals surface area contributed by atoms with E-state index in [0.717, 1.165) is 61.9 Å². The summed E-state index contributed by atoms with van der Waals surface area (Å²) in [7, 11) is 0.286. The first-order valence-corrected chi connectivity index (χ1v) is 41.1. The number of esters is 3. The summed E-state index contributed by atoms with van der Waals surface area (Å²) in [5.74, 6) is 6.08. The van der Waals surface area contributed by atoms with Crippen LogP contribution in [-0.4, -0.2) is 180 Å². The van der Waals surface area contributed by atoms with Gasteiger partial charge < -0.3 is 53.4 Å². The van der Waals surface area contributed by atoms with E-state index >= 15 is 0 Å². The molecule has 521 valence electrons. The molecule has 4 aliphatic heterocycles. The number of aromatic nitrogens is 2. The maximum Gasteiger partial charge on any atom is 0.303 e. The summed E-state index contributed by atoms with van der Waals surface area (Å²) in [6.07, 6.45) is 10.7. The Bertz CT molecular complexity index is 2690. The van der Waals surface area contributed by atoms with E-state index in [1.165, 1.54) is 110 Å². The molecule has 0 bridgehead atoms. The molecule has 27 heteroatoms. The first-order valence-electron chi connectivity index (χ1n) is 31.2. The number of rotatable bonds is 20. The third-order valence-corrected chi connectivity index (χ3v) is 27.6. The Hall–Kier alpha value is -2.37. The molecule has 17 nitrogen and oxygen atoms in total. The van der Waals surface area contributed by atoms with Crippen LogP contribution < -0.4 is 10.6 Å². The van der Waals surface area contributed by atoms with Gasteiger partial charge in [-0.25, -0.2) is 9.97 Å².